The van der Waals surface area contributed by atoms with E-state index in [4.69, 9.17) is 0 Å². The summed E-state index contributed by atoms with van der Waals surface area (Å²) in [6, 6.07) is 8.44. The second-order valence-electron chi connectivity index (χ2n) is 4.99. The van der Waals surface area contributed by atoms with Gasteiger partial charge in [0, 0.05) is 27.6 Å². The molecule has 0 radical (unpaired) electrons. The molecule has 1 nitrogen and oxygen atoms in total. The van der Waals surface area contributed by atoms with E-state index in [1.807, 2.05) is 27.7 Å². The Morgan fingerprint density at radius 2 is 1.45 bits per heavy atom. The molecule has 1 heterocycles. The van der Waals surface area contributed by atoms with Gasteiger partial charge in [-0.1, -0.05) is 78.0 Å². The van der Waals surface area contributed by atoms with E-state index in [-0.39, 0.29) is 5.41 Å². The van der Waals surface area contributed by atoms with Gasteiger partial charge in [-0.15, -0.1) is 0 Å². The molecule has 3 rings (SSSR count). The molecule has 20 heavy (non-hydrogen) atoms. The van der Waals surface area contributed by atoms with Crippen molar-refractivity contribution in [2.75, 3.05) is 0 Å². The number of hydrogen-bond acceptors (Lipinski definition) is 0. The maximum Gasteiger partial charge on any atom is 0.0464 e. The van der Waals surface area contributed by atoms with Gasteiger partial charge >= 0.3 is 0 Å². The lowest BCUT2D eigenvalue weighted by molar-refractivity contribution is 0.633. The first-order valence-corrected chi connectivity index (χ1v) is 7.65. The fourth-order valence-electron chi connectivity index (χ4n) is 2.15. The molecule has 0 unspecified atom stereocenters. The molecule has 0 saturated carbocycles. The van der Waals surface area contributed by atoms with Crippen LogP contribution in [-0.4, -0.2) is 4.98 Å². The van der Waals surface area contributed by atoms with E-state index >= 15 is 0 Å². The van der Waals surface area contributed by atoms with E-state index in [9.17, 15) is 0 Å². The minimum absolute atomic E-state index is 0.140. The van der Waals surface area contributed by atoms with Crippen LogP contribution < -0.4 is 0 Å². The third-order valence-corrected chi connectivity index (χ3v) is 3.14. The van der Waals surface area contributed by atoms with E-state index < -0.39 is 0 Å². The molecule has 108 valence electrons. The molecule has 1 aromatic heterocycles. The van der Waals surface area contributed by atoms with Crippen molar-refractivity contribution in [3.05, 3.63) is 47.7 Å². The van der Waals surface area contributed by atoms with E-state index in [0.717, 1.165) is 0 Å². The minimum Gasteiger partial charge on any atom is -0.355 e. The molecule has 0 amide bonds. The summed E-state index contributed by atoms with van der Waals surface area (Å²) in [5, 5.41) is 1.30. The zero-order valence-corrected chi connectivity index (χ0v) is 13.6. The van der Waals surface area contributed by atoms with Gasteiger partial charge in [0.15, 0.2) is 0 Å². The Hall–Kier alpha value is -1.76. The van der Waals surface area contributed by atoms with Gasteiger partial charge in [0.05, 0.1) is 0 Å². The second kappa shape index (κ2) is 7.14. The number of allylic oxidation sites excluding steroid dienone is 2. The lowest BCUT2D eigenvalue weighted by Crippen LogP contribution is -2.00. The topological polar surface area (TPSA) is 15.8 Å². The number of para-hydroxylation sites is 1. The number of rotatable bonds is 0. The summed E-state index contributed by atoms with van der Waals surface area (Å²) < 4.78 is 0. The molecule has 1 aliphatic carbocycles. The first-order chi connectivity index (χ1) is 9.66. The Labute approximate surface area is 123 Å². The zero-order valence-electron chi connectivity index (χ0n) is 13.6. The maximum absolute atomic E-state index is 3.46. The molecule has 0 saturated heterocycles. The number of nitrogens with one attached hydrogen (secondary N) is 1. The fraction of sp³-hybridized carbons (Fsp3) is 0.368. The number of H-pyrrole nitrogens is 1. The van der Waals surface area contributed by atoms with Gasteiger partial charge in [-0.2, -0.15) is 0 Å². The molecule has 0 aliphatic heterocycles. The lowest BCUT2D eigenvalue weighted by Gasteiger charge is -2.12. The van der Waals surface area contributed by atoms with Crippen molar-refractivity contribution in [1.82, 2.24) is 4.98 Å². The number of aromatic amines is 1. The lowest BCUT2D eigenvalue weighted by atomic mass is 9.93. The van der Waals surface area contributed by atoms with Gasteiger partial charge in [0.1, 0.15) is 0 Å². The summed E-state index contributed by atoms with van der Waals surface area (Å²) in [4.78, 5) is 3.46. The van der Waals surface area contributed by atoms with Crippen LogP contribution in [0.5, 0.6) is 0 Å². The van der Waals surface area contributed by atoms with Crippen molar-refractivity contribution in [1.29, 1.82) is 0 Å². The van der Waals surface area contributed by atoms with Crippen molar-refractivity contribution in [2.45, 2.75) is 41.5 Å². The first kappa shape index (κ1) is 16.3. The highest BCUT2D eigenvalue weighted by atomic mass is 14.7. The fourth-order valence-corrected chi connectivity index (χ4v) is 2.15. The predicted octanol–water partition coefficient (Wildman–Crippen LogP) is 6.29. The van der Waals surface area contributed by atoms with Crippen molar-refractivity contribution in [3.8, 4) is 0 Å². The smallest absolute Gasteiger partial charge is 0.0464 e. The van der Waals surface area contributed by atoms with Crippen LogP contribution in [0.3, 0.4) is 0 Å². The van der Waals surface area contributed by atoms with Gasteiger partial charge in [-0.3, -0.25) is 0 Å². The highest BCUT2D eigenvalue weighted by Crippen LogP contribution is 2.31. The van der Waals surface area contributed by atoms with Gasteiger partial charge in [0.2, 0.25) is 0 Å². The molecule has 1 aromatic carbocycles. The van der Waals surface area contributed by atoms with Crippen molar-refractivity contribution < 1.29 is 0 Å². The monoisotopic (exact) mass is 269 g/mol. The molecular weight excluding hydrogens is 242 g/mol. The minimum atomic E-state index is 0.140. The standard InChI is InChI=1S/C15H15N.2C2H6/c1-15(2)9-7-12-11-5-3-4-6-13(11)16-14(12)8-10-15;2*1-2/h3-10,16H,1-2H3;2*1-2H3. The molecule has 1 aliphatic rings. The van der Waals surface area contributed by atoms with Gasteiger partial charge in [0.25, 0.3) is 0 Å². The van der Waals surface area contributed by atoms with Crippen LogP contribution in [0.1, 0.15) is 52.8 Å². The Bertz CT molecular complexity index is 597. The van der Waals surface area contributed by atoms with Crippen LogP contribution in [0.15, 0.2) is 36.4 Å². The van der Waals surface area contributed by atoms with E-state index in [0.29, 0.717) is 0 Å². The number of aromatic nitrogens is 1. The average molecular weight is 269 g/mol. The normalized spacial score (nSPS) is 14.5. The van der Waals surface area contributed by atoms with Crippen LogP contribution in [0.25, 0.3) is 23.1 Å². The summed E-state index contributed by atoms with van der Waals surface area (Å²) in [6.45, 7) is 12.4. The number of benzene rings is 1. The molecule has 0 fully saturated rings. The summed E-state index contributed by atoms with van der Waals surface area (Å²) >= 11 is 0. The Morgan fingerprint density at radius 3 is 2.15 bits per heavy atom. The highest BCUT2D eigenvalue weighted by Gasteiger charge is 2.15. The quantitative estimate of drug-likeness (QED) is 0.578. The Morgan fingerprint density at radius 1 is 0.850 bits per heavy atom. The summed E-state index contributed by atoms with van der Waals surface area (Å²) in [6.07, 6.45) is 8.92. The summed E-state index contributed by atoms with van der Waals surface area (Å²) in [5.74, 6) is 0. The molecular formula is C19H27N. The first-order valence-electron chi connectivity index (χ1n) is 7.65. The predicted molar refractivity (Wildman–Crippen MR) is 92.8 cm³/mol. The molecule has 2 aromatic rings. The number of hydrogen-bond donors (Lipinski definition) is 1. The maximum atomic E-state index is 3.46. The Balaban J connectivity index is 0.000000461. The molecule has 1 heteroatoms. The summed E-state index contributed by atoms with van der Waals surface area (Å²) in [5.41, 5.74) is 3.86. The third kappa shape index (κ3) is 3.41. The molecule has 0 spiro atoms. The van der Waals surface area contributed by atoms with Crippen LogP contribution in [0, 0.1) is 5.41 Å². The van der Waals surface area contributed by atoms with Crippen LogP contribution in [0.4, 0.5) is 0 Å². The zero-order chi connectivity index (χ0) is 15.2. The summed E-state index contributed by atoms with van der Waals surface area (Å²) in [7, 11) is 0. The SMILES string of the molecule is CC.CC.CC1(C)C=Cc2[nH]c3ccccc3c2C=C1. The van der Waals surface area contributed by atoms with Crippen LogP contribution in [0.2, 0.25) is 0 Å². The Kier molecular flexibility index (Phi) is 5.82. The average Bonchev–Trinajstić information content (AvgIpc) is 2.78. The van der Waals surface area contributed by atoms with Gasteiger partial charge in [-0.05, 0) is 12.1 Å². The number of fused-ring (bicyclic) bond motifs is 3. The largest absolute Gasteiger partial charge is 0.355 e. The van der Waals surface area contributed by atoms with Crippen LogP contribution >= 0.6 is 0 Å². The highest BCUT2D eigenvalue weighted by molar-refractivity contribution is 5.93. The van der Waals surface area contributed by atoms with Crippen LogP contribution in [-0.2, 0) is 0 Å². The molecule has 0 bridgehead atoms. The third-order valence-electron chi connectivity index (χ3n) is 3.14. The van der Waals surface area contributed by atoms with Gasteiger partial charge < -0.3 is 4.98 Å². The van der Waals surface area contributed by atoms with Crippen molar-refractivity contribution in [3.63, 3.8) is 0 Å². The molecule has 0 atom stereocenters. The van der Waals surface area contributed by atoms with E-state index in [1.54, 1.807) is 0 Å². The van der Waals surface area contributed by atoms with Crippen molar-refractivity contribution in [2.24, 2.45) is 5.41 Å². The second-order valence-corrected chi connectivity index (χ2v) is 4.99. The van der Waals surface area contributed by atoms with E-state index in [1.165, 1.54) is 22.2 Å². The van der Waals surface area contributed by atoms with Crippen molar-refractivity contribution >= 4 is 23.1 Å². The van der Waals surface area contributed by atoms with E-state index in [2.05, 4.69) is 67.4 Å². The molecule has 1 N–H and O–H groups in total. The van der Waals surface area contributed by atoms with Gasteiger partial charge in [-0.25, -0.2) is 0 Å².